The van der Waals surface area contributed by atoms with Crippen LogP contribution in [-0.2, 0) is 6.42 Å². The van der Waals surface area contributed by atoms with E-state index in [4.69, 9.17) is 5.11 Å². The average molecular weight is 221 g/mol. The molecule has 0 amide bonds. The van der Waals surface area contributed by atoms with Gasteiger partial charge in [-0.15, -0.1) is 0 Å². The van der Waals surface area contributed by atoms with Gasteiger partial charge in [0.1, 0.15) is 5.69 Å². The Morgan fingerprint density at radius 2 is 2.21 bits per heavy atom. The summed E-state index contributed by atoms with van der Waals surface area (Å²) in [5.74, 6) is -0.970. The van der Waals surface area contributed by atoms with Crippen LogP contribution in [0.3, 0.4) is 0 Å². The summed E-state index contributed by atoms with van der Waals surface area (Å²) in [7, 11) is 0. The van der Waals surface area contributed by atoms with Crippen molar-refractivity contribution in [3.63, 3.8) is 0 Å². The fraction of sp³-hybridized carbons (Fsp3) is 0.400. The van der Waals surface area contributed by atoms with Crippen LogP contribution in [-0.4, -0.2) is 53.8 Å². The molecule has 0 radical (unpaired) electrons. The summed E-state index contributed by atoms with van der Waals surface area (Å²) in [6, 6.07) is 3.37. The van der Waals surface area contributed by atoms with Crippen molar-refractivity contribution in [3.8, 4) is 0 Å². The second-order valence-electron chi connectivity index (χ2n) is 2.96. The molecule has 0 fully saturated rings. The van der Waals surface area contributed by atoms with Crippen LogP contribution in [0.2, 0.25) is 0 Å². The van der Waals surface area contributed by atoms with Crippen LogP contribution in [0.1, 0.15) is 35.8 Å². The van der Waals surface area contributed by atoms with Crippen molar-refractivity contribution < 1.29 is 9.90 Å². The Morgan fingerprint density at radius 1 is 1.50 bits per heavy atom. The molecule has 0 atom stereocenters. The number of pyridine rings is 1. The van der Waals surface area contributed by atoms with Crippen molar-refractivity contribution in [1.82, 2.24) is 4.98 Å². The normalized spacial score (nSPS) is 9.21. The van der Waals surface area contributed by atoms with E-state index < -0.39 is 5.97 Å². The molecular formula is C10H15CaNO2. The van der Waals surface area contributed by atoms with Gasteiger partial charge in [0.2, 0.25) is 0 Å². The van der Waals surface area contributed by atoms with Crippen molar-refractivity contribution >= 4 is 43.7 Å². The molecule has 0 aliphatic rings. The minimum atomic E-state index is -0.970. The average Bonchev–Trinajstić information content (AvgIpc) is 2.15. The van der Waals surface area contributed by atoms with Gasteiger partial charge in [0.05, 0.1) is 0 Å². The standard InChI is InChI=1S/C10H13NO2.Ca.2H/c1-2-3-4-8-5-6-9(10(12)13)11-7-8;;;/h5-7H,2-4H2,1H3,(H,12,13);;;. The minimum absolute atomic E-state index is 0. The van der Waals surface area contributed by atoms with Gasteiger partial charge in [-0.1, -0.05) is 19.4 Å². The van der Waals surface area contributed by atoms with Crippen molar-refractivity contribution in [1.29, 1.82) is 0 Å². The fourth-order valence-corrected chi connectivity index (χ4v) is 1.08. The molecule has 3 nitrogen and oxygen atoms in total. The molecule has 1 N–H and O–H groups in total. The molecule has 0 unspecified atom stereocenters. The first kappa shape index (κ1) is 13.9. The number of aryl methyl sites for hydroxylation is 1. The van der Waals surface area contributed by atoms with Crippen molar-refractivity contribution in [2.45, 2.75) is 26.2 Å². The van der Waals surface area contributed by atoms with E-state index in [0.29, 0.717) is 0 Å². The number of nitrogens with zero attached hydrogens (tertiary/aromatic N) is 1. The third kappa shape index (κ3) is 4.40. The van der Waals surface area contributed by atoms with E-state index in [1.54, 1.807) is 12.3 Å². The van der Waals surface area contributed by atoms with Gasteiger partial charge < -0.3 is 5.11 Å². The van der Waals surface area contributed by atoms with E-state index in [1.165, 1.54) is 0 Å². The Balaban J connectivity index is 0.00000169. The third-order valence-corrected chi connectivity index (χ3v) is 1.86. The van der Waals surface area contributed by atoms with Crippen LogP contribution < -0.4 is 0 Å². The molecule has 14 heavy (non-hydrogen) atoms. The molecule has 74 valence electrons. The molecule has 0 aromatic carbocycles. The SMILES string of the molecule is CCCCc1ccc(C(=O)O)nc1.[CaH2]. The first-order valence-electron chi connectivity index (χ1n) is 4.42. The number of unbranched alkanes of at least 4 members (excludes halogenated alkanes) is 1. The number of hydrogen-bond acceptors (Lipinski definition) is 2. The van der Waals surface area contributed by atoms with Crippen LogP contribution in [0.15, 0.2) is 18.3 Å². The molecule has 1 rings (SSSR count). The number of carboxylic acid groups (broad SMARTS) is 1. The second-order valence-corrected chi connectivity index (χ2v) is 2.96. The van der Waals surface area contributed by atoms with Gasteiger partial charge in [-0.25, -0.2) is 9.78 Å². The quantitative estimate of drug-likeness (QED) is 0.777. The van der Waals surface area contributed by atoms with E-state index in [9.17, 15) is 4.79 Å². The number of aromatic carboxylic acids is 1. The number of hydrogen-bond donors (Lipinski definition) is 1. The van der Waals surface area contributed by atoms with E-state index in [2.05, 4.69) is 11.9 Å². The predicted molar refractivity (Wildman–Crippen MR) is 58.4 cm³/mol. The summed E-state index contributed by atoms with van der Waals surface area (Å²) in [4.78, 5) is 14.3. The van der Waals surface area contributed by atoms with Gasteiger partial charge in [-0.3, -0.25) is 0 Å². The van der Waals surface area contributed by atoms with Gasteiger partial charge in [0.25, 0.3) is 0 Å². The van der Waals surface area contributed by atoms with Crippen molar-refractivity contribution in [2.75, 3.05) is 0 Å². The summed E-state index contributed by atoms with van der Waals surface area (Å²) in [5, 5.41) is 8.59. The molecule has 0 aliphatic carbocycles. The van der Waals surface area contributed by atoms with Crippen LogP contribution in [0, 0.1) is 0 Å². The molecule has 0 bridgehead atoms. The summed E-state index contributed by atoms with van der Waals surface area (Å²) in [6.45, 7) is 2.12. The molecular weight excluding hydrogens is 206 g/mol. The Bertz CT molecular complexity index is 285. The zero-order valence-corrected chi connectivity index (χ0v) is 7.66. The summed E-state index contributed by atoms with van der Waals surface area (Å²) < 4.78 is 0. The van der Waals surface area contributed by atoms with Gasteiger partial charge in [-0.05, 0) is 24.5 Å². The predicted octanol–water partition coefficient (Wildman–Crippen LogP) is 1.21. The van der Waals surface area contributed by atoms with Gasteiger partial charge in [0, 0.05) is 6.20 Å². The molecule has 1 aromatic heterocycles. The number of rotatable bonds is 4. The van der Waals surface area contributed by atoms with Gasteiger partial charge in [-0.2, -0.15) is 0 Å². The maximum atomic E-state index is 10.5. The molecule has 1 aromatic rings. The van der Waals surface area contributed by atoms with Crippen LogP contribution in [0.25, 0.3) is 0 Å². The Labute approximate surface area is 114 Å². The topological polar surface area (TPSA) is 50.2 Å². The molecule has 0 saturated heterocycles. The van der Waals surface area contributed by atoms with Gasteiger partial charge >= 0.3 is 43.7 Å². The Morgan fingerprint density at radius 3 is 2.64 bits per heavy atom. The molecule has 1 heterocycles. The number of carboxylic acids is 1. The fourth-order valence-electron chi connectivity index (χ4n) is 1.08. The summed E-state index contributed by atoms with van der Waals surface area (Å²) in [5.41, 5.74) is 1.21. The third-order valence-electron chi connectivity index (χ3n) is 1.86. The van der Waals surface area contributed by atoms with E-state index >= 15 is 0 Å². The summed E-state index contributed by atoms with van der Waals surface area (Å²) in [6.07, 6.45) is 4.87. The molecule has 4 heteroatoms. The maximum absolute atomic E-state index is 10.5. The monoisotopic (exact) mass is 221 g/mol. The second kappa shape index (κ2) is 7.21. The van der Waals surface area contributed by atoms with Crippen LogP contribution in [0.5, 0.6) is 0 Å². The molecule has 0 aliphatic heterocycles. The van der Waals surface area contributed by atoms with Crippen LogP contribution in [0.4, 0.5) is 0 Å². The number of aromatic nitrogens is 1. The zero-order chi connectivity index (χ0) is 9.68. The molecule has 0 spiro atoms. The van der Waals surface area contributed by atoms with Crippen molar-refractivity contribution in [2.24, 2.45) is 0 Å². The van der Waals surface area contributed by atoms with Crippen LogP contribution >= 0.6 is 0 Å². The molecule has 0 saturated carbocycles. The van der Waals surface area contributed by atoms with Gasteiger partial charge in [0.15, 0.2) is 0 Å². The van der Waals surface area contributed by atoms with E-state index in [0.717, 1.165) is 24.8 Å². The Kier molecular flexibility index (Phi) is 7.15. The summed E-state index contributed by atoms with van der Waals surface area (Å²) >= 11 is 0. The first-order valence-corrected chi connectivity index (χ1v) is 4.42. The zero-order valence-electron chi connectivity index (χ0n) is 7.66. The van der Waals surface area contributed by atoms with E-state index in [1.807, 2.05) is 6.07 Å². The van der Waals surface area contributed by atoms with Crippen molar-refractivity contribution in [3.05, 3.63) is 29.6 Å². The number of carbonyl (C=O) groups is 1. The Hall–Kier alpha value is -0.120. The first-order chi connectivity index (χ1) is 6.24. The van der Waals surface area contributed by atoms with E-state index in [-0.39, 0.29) is 43.4 Å².